The van der Waals surface area contributed by atoms with E-state index in [1.54, 1.807) is 0 Å². The van der Waals surface area contributed by atoms with Gasteiger partial charge in [-0.2, -0.15) is 0 Å². The average molecular weight is 345 g/mol. The molecule has 5 nitrogen and oxygen atoms in total. The number of amides is 1. The number of benzene rings is 1. The van der Waals surface area contributed by atoms with Gasteiger partial charge in [0.1, 0.15) is 5.82 Å². The molecule has 6 heteroatoms. The molecule has 126 valence electrons. The van der Waals surface area contributed by atoms with Gasteiger partial charge in [0.25, 0.3) is 0 Å². The number of hydrogen-bond donors (Lipinski definition) is 0. The molecule has 2 heterocycles. The predicted octanol–water partition coefficient (Wildman–Crippen LogP) is 3.12. The third-order valence-electron chi connectivity index (χ3n) is 5.10. The molecule has 1 aliphatic carbocycles. The lowest BCUT2D eigenvalue weighted by atomic mass is 10.0. The molecule has 4 rings (SSSR count). The number of anilines is 1. The molecule has 0 spiro atoms. The van der Waals surface area contributed by atoms with Crippen LogP contribution in [0.3, 0.4) is 0 Å². The van der Waals surface area contributed by atoms with Crippen molar-refractivity contribution >= 4 is 34.4 Å². The van der Waals surface area contributed by atoms with Crippen molar-refractivity contribution in [2.45, 2.75) is 31.7 Å². The van der Waals surface area contributed by atoms with Gasteiger partial charge < -0.3 is 9.80 Å². The van der Waals surface area contributed by atoms with Crippen LogP contribution < -0.4 is 4.90 Å². The summed E-state index contributed by atoms with van der Waals surface area (Å²) in [5.41, 5.74) is 1.68. The number of rotatable bonds is 3. The lowest BCUT2D eigenvalue weighted by Crippen LogP contribution is -2.46. The topological polar surface area (TPSA) is 49.3 Å². The quantitative estimate of drug-likeness (QED) is 0.858. The molecule has 1 saturated heterocycles. The van der Waals surface area contributed by atoms with E-state index < -0.39 is 0 Å². The van der Waals surface area contributed by atoms with Gasteiger partial charge in [0, 0.05) is 37.1 Å². The molecule has 1 saturated carbocycles. The Morgan fingerprint density at radius 3 is 2.67 bits per heavy atom. The largest absolute Gasteiger partial charge is 0.355 e. The van der Waals surface area contributed by atoms with Crippen LogP contribution in [0.25, 0.3) is 11.0 Å². The van der Waals surface area contributed by atoms with Crippen molar-refractivity contribution in [2.75, 3.05) is 25.0 Å². The number of halogens is 1. The van der Waals surface area contributed by atoms with Crippen LogP contribution in [-0.2, 0) is 4.79 Å². The minimum Gasteiger partial charge on any atom is -0.355 e. The van der Waals surface area contributed by atoms with Gasteiger partial charge in [0.2, 0.25) is 5.91 Å². The zero-order chi connectivity index (χ0) is 16.7. The first-order chi connectivity index (χ1) is 11.6. The molecule has 24 heavy (non-hydrogen) atoms. The second-order valence-corrected chi connectivity index (χ2v) is 7.24. The maximum Gasteiger partial charge on any atom is 0.225 e. The molecule has 0 bridgehead atoms. The molecule has 0 atom stereocenters. The van der Waals surface area contributed by atoms with Crippen LogP contribution >= 0.6 is 11.6 Å². The van der Waals surface area contributed by atoms with Gasteiger partial charge in [-0.1, -0.05) is 11.6 Å². The number of fused-ring (bicyclic) bond motifs is 1. The van der Waals surface area contributed by atoms with Crippen molar-refractivity contribution in [2.24, 2.45) is 5.92 Å². The van der Waals surface area contributed by atoms with Gasteiger partial charge in [-0.15, -0.1) is 0 Å². The highest BCUT2D eigenvalue weighted by Crippen LogP contribution is 2.32. The highest BCUT2D eigenvalue weighted by molar-refractivity contribution is 6.31. The number of hydrogen-bond acceptors (Lipinski definition) is 4. The van der Waals surface area contributed by atoms with E-state index in [4.69, 9.17) is 16.6 Å². The van der Waals surface area contributed by atoms with Crippen molar-refractivity contribution < 1.29 is 4.79 Å². The molecule has 1 aromatic carbocycles. The fourth-order valence-corrected chi connectivity index (χ4v) is 3.57. The number of aromatic nitrogens is 2. The summed E-state index contributed by atoms with van der Waals surface area (Å²) in [5.74, 6) is 1.53. The molecule has 2 aromatic rings. The molecule has 2 aliphatic rings. The van der Waals surface area contributed by atoms with E-state index in [0.29, 0.717) is 22.9 Å². The van der Waals surface area contributed by atoms with Crippen molar-refractivity contribution in [1.82, 2.24) is 14.9 Å². The Kier molecular flexibility index (Phi) is 4.04. The van der Waals surface area contributed by atoms with Gasteiger partial charge >= 0.3 is 0 Å². The lowest BCUT2D eigenvalue weighted by Gasteiger charge is -2.37. The molecule has 1 aromatic heterocycles. The Bertz CT molecular complexity index is 769. The first kappa shape index (κ1) is 15.6. The first-order valence-corrected chi connectivity index (χ1v) is 8.93. The Hall–Kier alpha value is -1.88. The van der Waals surface area contributed by atoms with Crippen LogP contribution in [0.4, 0.5) is 5.82 Å². The van der Waals surface area contributed by atoms with E-state index >= 15 is 0 Å². The molecule has 0 N–H and O–H groups in total. The normalized spacial score (nSPS) is 18.8. The molecular weight excluding hydrogens is 324 g/mol. The number of carbonyl (C=O) groups excluding carboxylic acids is 1. The van der Waals surface area contributed by atoms with Crippen molar-refractivity contribution in [3.05, 3.63) is 29.4 Å². The molecule has 1 aliphatic heterocycles. The van der Waals surface area contributed by atoms with Gasteiger partial charge in [-0.05, 0) is 43.9 Å². The average Bonchev–Trinajstić information content (AvgIpc) is 3.45. The number of nitrogens with zero attached hydrogens (tertiary/aromatic N) is 4. The van der Waals surface area contributed by atoms with Crippen LogP contribution in [0.1, 0.15) is 25.7 Å². The molecule has 0 radical (unpaired) electrons. The molecule has 2 fully saturated rings. The van der Waals surface area contributed by atoms with Gasteiger partial charge in [-0.3, -0.25) is 9.78 Å². The van der Waals surface area contributed by atoms with Crippen molar-refractivity contribution in [1.29, 1.82) is 0 Å². The number of carbonyl (C=O) groups is 1. The highest BCUT2D eigenvalue weighted by atomic mass is 35.5. The molecule has 0 unspecified atom stereocenters. The minimum atomic E-state index is 0.297. The van der Waals surface area contributed by atoms with Crippen LogP contribution in [0.15, 0.2) is 24.4 Å². The Balaban J connectivity index is 1.43. The van der Waals surface area contributed by atoms with E-state index in [9.17, 15) is 4.79 Å². The summed E-state index contributed by atoms with van der Waals surface area (Å²) in [7, 11) is 1.96. The summed E-state index contributed by atoms with van der Waals surface area (Å²) in [6.45, 7) is 1.81. The highest BCUT2D eigenvalue weighted by Gasteiger charge is 2.35. The van der Waals surface area contributed by atoms with E-state index in [0.717, 1.165) is 55.6 Å². The third-order valence-corrected chi connectivity index (χ3v) is 5.34. The number of piperidine rings is 1. The smallest absolute Gasteiger partial charge is 0.225 e. The Morgan fingerprint density at radius 2 is 1.96 bits per heavy atom. The molecular formula is C18H21ClN4O. The summed E-state index contributed by atoms with van der Waals surface area (Å²) in [6, 6.07) is 5.93. The summed E-state index contributed by atoms with van der Waals surface area (Å²) >= 11 is 5.99. The van der Waals surface area contributed by atoms with Crippen molar-refractivity contribution in [3.63, 3.8) is 0 Å². The van der Waals surface area contributed by atoms with E-state index in [1.165, 1.54) is 0 Å². The van der Waals surface area contributed by atoms with Crippen LogP contribution in [0, 0.1) is 5.92 Å². The van der Waals surface area contributed by atoms with Crippen LogP contribution in [0.2, 0.25) is 5.02 Å². The van der Waals surface area contributed by atoms with Gasteiger partial charge in [0.05, 0.1) is 17.2 Å². The van der Waals surface area contributed by atoms with E-state index in [-0.39, 0.29) is 0 Å². The summed E-state index contributed by atoms with van der Waals surface area (Å²) in [4.78, 5) is 25.6. The maximum absolute atomic E-state index is 12.2. The van der Waals surface area contributed by atoms with E-state index in [2.05, 4.69) is 9.88 Å². The third kappa shape index (κ3) is 3.05. The monoisotopic (exact) mass is 344 g/mol. The second-order valence-electron chi connectivity index (χ2n) is 6.80. The second kappa shape index (κ2) is 6.20. The summed E-state index contributed by atoms with van der Waals surface area (Å²) in [6.07, 6.45) is 5.92. The zero-order valence-corrected chi connectivity index (χ0v) is 14.5. The molecule has 1 amide bonds. The summed E-state index contributed by atoms with van der Waals surface area (Å²) < 4.78 is 0. The maximum atomic E-state index is 12.2. The van der Waals surface area contributed by atoms with Gasteiger partial charge in [0.15, 0.2) is 0 Å². The predicted molar refractivity (Wildman–Crippen MR) is 95.3 cm³/mol. The van der Waals surface area contributed by atoms with E-state index in [1.807, 2.05) is 36.3 Å². The SMILES string of the molecule is CN(C(=O)C1CC1)C1CCN(c2cnc3cc(Cl)ccc3n2)CC1. The Morgan fingerprint density at radius 1 is 1.21 bits per heavy atom. The van der Waals surface area contributed by atoms with Crippen LogP contribution in [0.5, 0.6) is 0 Å². The van der Waals surface area contributed by atoms with Gasteiger partial charge in [-0.25, -0.2) is 4.98 Å². The lowest BCUT2D eigenvalue weighted by molar-refractivity contribution is -0.133. The fraction of sp³-hybridized carbons (Fsp3) is 0.500. The first-order valence-electron chi connectivity index (χ1n) is 8.56. The van der Waals surface area contributed by atoms with Crippen molar-refractivity contribution in [3.8, 4) is 0 Å². The standard InChI is InChI=1S/C18H21ClN4O/c1-22(18(24)12-2-3-12)14-6-8-23(9-7-14)17-11-20-16-10-13(19)4-5-15(16)21-17/h4-5,10-12,14H,2-3,6-9H2,1H3. The fourth-order valence-electron chi connectivity index (χ4n) is 3.41. The Labute approximate surface area is 146 Å². The minimum absolute atomic E-state index is 0.297. The zero-order valence-electron chi connectivity index (χ0n) is 13.8. The summed E-state index contributed by atoms with van der Waals surface area (Å²) in [5, 5.41) is 0.675. The van der Waals surface area contributed by atoms with Crippen LogP contribution in [-0.4, -0.2) is 47.0 Å².